The Morgan fingerprint density at radius 2 is 1.12 bits per heavy atom. The molecule has 1 fully saturated rings. The molecule has 0 atom stereocenters. The molecule has 1 heterocycles. The largest absolute Gasteiger partial charge is 0.550 e. The molecule has 0 aromatic carbocycles. The maximum Gasteiger partial charge on any atom is 0.550 e. The number of hydrogen-bond donors (Lipinski definition) is 0. The monoisotopic (exact) mass is 232 g/mol. The molecule has 92 valence electrons. The van der Waals surface area contributed by atoms with E-state index in [1.807, 2.05) is 0 Å². The smallest absolute Gasteiger partial charge is 0.426 e. The van der Waals surface area contributed by atoms with E-state index in [-0.39, 0.29) is 0 Å². The summed E-state index contributed by atoms with van der Waals surface area (Å²) in [6.45, 7) is 6.98. The molecule has 1 saturated heterocycles. The van der Waals surface area contributed by atoms with Gasteiger partial charge in [-0.05, 0) is 40.5 Å². The second-order valence-electron chi connectivity index (χ2n) is 4.89. The molecular formula is C10H16O6. The molecule has 16 heavy (non-hydrogen) atoms. The van der Waals surface area contributed by atoms with Crippen LogP contribution >= 0.6 is 0 Å². The van der Waals surface area contributed by atoms with Crippen molar-refractivity contribution >= 4 is 12.3 Å². The van der Waals surface area contributed by atoms with Crippen LogP contribution in [0.15, 0.2) is 0 Å². The van der Waals surface area contributed by atoms with Crippen molar-refractivity contribution < 1.29 is 28.8 Å². The molecule has 0 spiro atoms. The minimum absolute atomic E-state index is 0.544. The summed E-state index contributed by atoms with van der Waals surface area (Å²) in [6.07, 6.45) is -1.02. The van der Waals surface area contributed by atoms with Crippen LogP contribution in [0.3, 0.4) is 0 Å². The van der Waals surface area contributed by atoms with Crippen molar-refractivity contribution in [2.75, 3.05) is 0 Å². The molecule has 0 aromatic rings. The standard InChI is InChI=1S/C10H16O6/c1-9(2)5-6-10(3,4)14-8(12)16-15-7(11)13-9/h5-6H2,1-4H3. The third kappa shape index (κ3) is 3.96. The van der Waals surface area contributed by atoms with Gasteiger partial charge in [-0.25, -0.2) is 0 Å². The Kier molecular flexibility index (Phi) is 3.30. The van der Waals surface area contributed by atoms with Crippen LogP contribution in [0.2, 0.25) is 0 Å². The second kappa shape index (κ2) is 4.19. The molecule has 1 aliphatic heterocycles. The van der Waals surface area contributed by atoms with Gasteiger partial charge in [-0.3, -0.25) is 0 Å². The second-order valence-corrected chi connectivity index (χ2v) is 4.89. The number of rotatable bonds is 0. The van der Waals surface area contributed by atoms with E-state index >= 15 is 0 Å². The summed E-state index contributed by atoms with van der Waals surface area (Å²) in [6, 6.07) is 0. The van der Waals surface area contributed by atoms with Gasteiger partial charge in [0.25, 0.3) is 0 Å². The van der Waals surface area contributed by atoms with E-state index in [1.54, 1.807) is 27.7 Å². The van der Waals surface area contributed by atoms with Gasteiger partial charge in [-0.1, -0.05) is 0 Å². The molecule has 6 heteroatoms. The Hall–Kier alpha value is -1.46. The summed E-state index contributed by atoms with van der Waals surface area (Å²) in [5, 5.41) is 0. The van der Waals surface area contributed by atoms with E-state index in [9.17, 15) is 9.59 Å². The summed E-state index contributed by atoms with van der Waals surface area (Å²) in [5.74, 6) is 0. The molecular weight excluding hydrogens is 216 g/mol. The van der Waals surface area contributed by atoms with Gasteiger partial charge in [0, 0.05) is 0 Å². The first-order valence-electron chi connectivity index (χ1n) is 5.01. The van der Waals surface area contributed by atoms with E-state index in [4.69, 9.17) is 9.47 Å². The summed E-state index contributed by atoms with van der Waals surface area (Å²) < 4.78 is 9.92. The van der Waals surface area contributed by atoms with Crippen LogP contribution in [-0.4, -0.2) is 23.5 Å². The van der Waals surface area contributed by atoms with Gasteiger partial charge in [-0.15, -0.1) is 0 Å². The Bertz CT molecular complexity index is 264. The average Bonchev–Trinajstić information content (AvgIpc) is 2.10. The lowest BCUT2D eigenvalue weighted by Crippen LogP contribution is -2.37. The van der Waals surface area contributed by atoms with Crippen molar-refractivity contribution in [1.29, 1.82) is 0 Å². The number of ether oxygens (including phenoxy) is 2. The van der Waals surface area contributed by atoms with Gasteiger partial charge < -0.3 is 9.47 Å². The van der Waals surface area contributed by atoms with Gasteiger partial charge in [0.05, 0.1) is 0 Å². The van der Waals surface area contributed by atoms with Crippen LogP contribution in [0.1, 0.15) is 40.5 Å². The summed E-state index contributed by atoms with van der Waals surface area (Å²) >= 11 is 0. The predicted octanol–water partition coefficient (Wildman–Crippen LogP) is 2.56. The fourth-order valence-corrected chi connectivity index (χ4v) is 1.26. The maximum absolute atomic E-state index is 11.0. The van der Waals surface area contributed by atoms with E-state index in [0.717, 1.165) is 0 Å². The lowest BCUT2D eigenvalue weighted by Gasteiger charge is -2.31. The van der Waals surface area contributed by atoms with Crippen LogP contribution in [-0.2, 0) is 19.2 Å². The quantitative estimate of drug-likeness (QED) is 0.472. The topological polar surface area (TPSA) is 71.1 Å². The minimum Gasteiger partial charge on any atom is -0.426 e. The molecule has 1 aliphatic rings. The lowest BCUT2D eigenvalue weighted by atomic mass is 9.94. The van der Waals surface area contributed by atoms with Gasteiger partial charge in [0.15, 0.2) is 0 Å². The Morgan fingerprint density at radius 1 is 0.812 bits per heavy atom. The molecule has 0 aliphatic carbocycles. The zero-order valence-electron chi connectivity index (χ0n) is 9.86. The summed E-state index contributed by atoms with van der Waals surface area (Å²) in [4.78, 5) is 30.3. The van der Waals surface area contributed by atoms with Crippen molar-refractivity contribution in [1.82, 2.24) is 0 Å². The van der Waals surface area contributed by atoms with Crippen LogP contribution < -0.4 is 0 Å². The SMILES string of the molecule is CC1(C)CCC(C)(C)OC(=O)OOC(=O)O1. The highest BCUT2D eigenvalue weighted by molar-refractivity contribution is 5.64. The number of hydrogen-bond acceptors (Lipinski definition) is 6. The van der Waals surface area contributed by atoms with Gasteiger partial charge in [0.1, 0.15) is 11.2 Å². The highest BCUT2D eigenvalue weighted by Crippen LogP contribution is 2.26. The third-order valence-corrected chi connectivity index (χ3v) is 2.23. The van der Waals surface area contributed by atoms with Gasteiger partial charge in [-0.2, -0.15) is 19.4 Å². The third-order valence-electron chi connectivity index (χ3n) is 2.23. The van der Waals surface area contributed by atoms with Crippen LogP contribution in [0.4, 0.5) is 9.59 Å². The Morgan fingerprint density at radius 3 is 1.44 bits per heavy atom. The Labute approximate surface area is 93.7 Å². The summed E-state index contributed by atoms with van der Waals surface area (Å²) in [7, 11) is 0. The van der Waals surface area contributed by atoms with Gasteiger partial charge >= 0.3 is 12.3 Å². The molecule has 0 unspecified atom stereocenters. The minimum atomic E-state index is -1.05. The first-order chi connectivity index (χ1) is 7.20. The highest BCUT2D eigenvalue weighted by Gasteiger charge is 2.33. The van der Waals surface area contributed by atoms with Crippen LogP contribution in [0, 0.1) is 0 Å². The summed E-state index contributed by atoms with van der Waals surface area (Å²) in [5.41, 5.74) is -1.39. The van der Waals surface area contributed by atoms with Gasteiger partial charge in [0.2, 0.25) is 0 Å². The highest BCUT2D eigenvalue weighted by atomic mass is 17.3. The fraction of sp³-hybridized carbons (Fsp3) is 0.800. The fourth-order valence-electron chi connectivity index (χ4n) is 1.26. The molecule has 0 aromatic heterocycles. The molecule has 0 saturated carbocycles. The number of carbonyl (C=O) groups is 2. The maximum atomic E-state index is 11.0. The first-order valence-corrected chi connectivity index (χ1v) is 5.01. The molecule has 1 rings (SSSR count). The van der Waals surface area contributed by atoms with Crippen molar-refractivity contribution in [3.63, 3.8) is 0 Å². The van der Waals surface area contributed by atoms with Crippen molar-refractivity contribution in [2.45, 2.75) is 51.7 Å². The lowest BCUT2D eigenvalue weighted by molar-refractivity contribution is -0.240. The zero-order valence-corrected chi connectivity index (χ0v) is 9.86. The average molecular weight is 232 g/mol. The molecule has 0 bridgehead atoms. The molecule has 0 amide bonds. The number of cyclic esters (lactones) is 2. The predicted molar refractivity (Wildman–Crippen MR) is 52.5 cm³/mol. The molecule has 0 N–H and O–H groups in total. The van der Waals surface area contributed by atoms with Crippen molar-refractivity contribution in [3.8, 4) is 0 Å². The van der Waals surface area contributed by atoms with E-state index < -0.39 is 23.5 Å². The zero-order chi connectivity index (χ0) is 12.4. The first kappa shape index (κ1) is 12.6. The van der Waals surface area contributed by atoms with E-state index in [1.165, 1.54) is 0 Å². The van der Waals surface area contributed by atoms with Crippen molar-refractivity contribution in [2.24, 2.45) is 0 Å². The molecule has 0 radical (unpaired) electrons. The van der Waals surface area contributed by atoms with Crippen molar-refractivity contribution in [3.05, 3.63) is 0 Å². The van der Waals surface area contributed by atoms with Crippen LogP contribution in [0.5, 0.6) is 0 Å². The number of carbonyl (C=O) groups excluding carboxylic acids is 2. The van der Waals surface area contributed by atoms with E-state index in [0.29, 0.717) is 12.8 Å². The van der Waals surface area contributed by atoms with Crippen LogP contribution in [0.25, 0.3) is 0 Å². The normalized spacial score (nSPS) is 24.5. The molecule has 6 nitrogen and oxygen atoms in total. The van der Waals surface area contributed by atoms with E-state index in [2.05, 4.69) is 9.78 Å². The Balaban J connectivity index is 2.74.